The summed E-state index contributed by atoms with van der Waals surface area (Å²) in [5.74, 6) is -0.973. The van der Waals surface area contributed by atoms with Gasteiger partial charge in [-0.25, -0.2) is 9.97 Å². The quantitative estimate of drug-likeness (QED) is 0.615. The predicted molar refractivity (Wildman–Crippen MR) is 111 cm³/mol. The zero-order chi connectivity index (χ0) is 21.4. The van der Waals surface area contributed by atoms with Gasteiger partial charge in [0.25, 0.3) is 0 Å². The van der Waals surface area contributed by atoms with Gasteiger partial charge in [0.15, 0.2) is 0 Å². The molecule has 0 bridgehead atoms. The number of likely N-dealkylation sites (tertiary alicyclic amines) is 2. The highest BCUT2D eigenvalue weighted by molar-refractivity contribution is 6.35. The summed E-state index contributed by atoms with van der Waals surface area (Å²) in [6.07, 6.45) is 7.18. The molecule has 2 saturated heterocycles. The van der Waals surface area contributed by atoms with Gasteiger partial charge in [-0.15, -0.1) is 0 Å². The number of carbonyl (C=O) groups is 2. The Morgan fingerprint density at radius 2 is 1.17 bits per heavy atom. The van der Waals surface area contributed by atoms with Gasteiger partial charge in [0.2, 0.25) is 0 Å². The van der Waals surface area contributed by atoms with Crippen molar-refractivity contribution >= 4 is 11.8 Å². The van der Waals surface area contributed by atoms with Crippen LogP contribution in [-0.4, -0.2) is 93.1 Å². The Morgan fingerprint density at radius 1 is 0.767 bits per heavy atom. The average Bonchev–Trinajstić information content (AvgIpc) is 3.44. The summed E-state index contributed by atoms with van der Waals surface area (Å²) < 4.78 is 3.94. The average molecular weight is 415 g/mol. The van der Waals surface area contributed by atoms with Crippen molar-refractivity contribution in [3.8, 4) is 0 Å². The Bertz CT molecular complexity index is 847. The molecule has 2 N–H and O–H groups in total. The second-order valence-corrected chi connectivity index (χ2v) is 8.67. The number of aryl methyl sites for hydroxylation is 2. The third-order valence-corrected chi connectivity index (χ3v) is 6.31. The van der Waals surface area contributed by atoms with Crippen LogP contribution in [0.3, 0.4) is 0 Å². The van der Waals surface area contributed by atoms with E-state index in [0.717, 1.165) is 24.5 Å². The zero-order valence-electron chi connectivity index (χ0n) is 17.9. The van der Waals surface area contributed by atoms with Gasteiger partial charge in [0.1, 0.15) is 0 Å². The summed E-state index contributed by atoms with van der Waals surface area (Å²) in [7, 11) is 7.92. The Hall–Kier alpha value is -2.72. The first-order valence-corrected chi connectivity index (χ1v) is 10.2. The minimum atomic E-state index is -0.583. The summed E-state index contributed by atoms with van der Waals surface area (Å²) in [4.78, 5) is 38.2. The van der Waals surface area contributed by atoms with E-state index in [4.69, 9.17) is 0 Å². The molecule has 30 heavy (non-hydrogen) atoms. The van der Waals surface area contributed by atoms with E-state index in [9.17, 15) is 9.59 Å². The molecule has 2 fully saturated rings. The highest BCUT2D eigenvalue weighted by atomic mass is 16.2. The summed E-state index contributed by atoms with van der Waals surface area (Å²) >= 11 is 0. The van der Waals surface area contributed by atoms with E-state index in [2.05, 4.69) is 30.4 Å². The maximum atomic E-state index is 12.7. The summed E-state index contributed by atoms with van der Waals surface area (Å²) in [6, 6.07) is -0.273. The Labute approximate surface area is 176 Å². The number of carbonyl (C=O) groups excluding carboxylic acids is 2. The molecule has 2 aliphatic heterocycles. The molecule has 0 unspecified atom stereocenters. The minimum Gasteiger partial charge on any atom is -0.343 e. The molecule has 162 valence electrons. The lowest BCUT2D eigenvalue weighted by atomic mass is 9.99. The zero-order valence-corrected chi connectivity index (χ0v) is 17.9. The summed E-state index contributed by atoms with van der Waals surface area (Å²) in [6.45, 7) is 3.00. The molecule has 4 atom stereocenters. The molecule has 0 spiro atoms. The van der Waals surface area contributed by atoms with Crippen LogP contribution in [0.4, 0.5) is 0 Å². The number of hydrogen-bond acceptors (Lipinski definition) is 6. The number of nitrogens with zero attached hydrogens (tertiary/aromatic N) is 6. The van der Waals surface area contributed by atoms with Crippen molar-refractivity contribution in [1.29, 1.82) is 0 Å². The fraction of sp³-hybridized carbons (Fsp3) is 0.600. The van der Waals surface area contributed by atoms with Crippen molar-refractivity contribution < 1.29 is 9.59 Å². The highest BCUT2D eigenvalue weighted by Gasteiger charge is 2.38. The molecule has 0 aliphatic carbocycles. The number of likely N-dealkylation sites (N-methyl/N-ethyl adjacent to an activating group) is 2. The fourth-order valence-electron chi connectivity index (χ4n) is 4.81. The molecule has 0 radical (unpaired) electrons. The van der Waals surface area contributed by atoms with E-state index in [1.54, 1.807) is 12.7 Å². The molecule has 2 aromatic heterocycles. The van der Waals surface area contributed by atoms with Crippen molar-refractivity contribution in [2.75, 3.05) is 40.3 Å². The van der Waals surface area contributed by atoms with Gasteiger partial charge in [-0.05, 0) is 14.1 Å². The van der Waals surface area contributed by atoms with Gasteiger partial charge in [0.05, 0.1) is 24.7 Å². The van der Waals surface area contributed by atoms with Crippen LogP contribution in [0.15, 0.2) is 25.0 Å². The lowest BCUT2D eigenvalue weighted by molar-refractivity contribution is -0.140. The number of nitrogens with one attached hydrogen (secondary N) is 2. The number of hydrogen-bond donors (Lipinski definition) is 2. The first kappa shape index (κ1) is 20.5. The Kier molecular flexibility index (Phi) is 5.61. The van der Waals surface area contributed by atoms with Crippen LogP contribution < -0.4 is 10.6 Å². The van der Waals surface area contributed by atoms with Crippen LogP contribution in [0.5, 0.6) is 0 Å². The van der Waals surface area contributed by atoms with Crippen LogP contribution in [0.25, 0.3) is 0 Å². The maximum absolute atomic E-state index is 12.7. The SMILES string of the molecule is CN1C[C@@H](NC(=O)C(=O)N[C@@H]2CN(C)C[C@H]2c2cncn2C)[C@H](c2cncn2C)C1. The van der Waals surface area contributed by atoms with Crippen molar-refractivity contribution in [2.24, 2.45) is 14.1 Å². The molecule has 2 aliphatic rings. The van der Waals surface area contributed by atoms with E-state index in [1.165, 1.54) is 0 Å². The third kappa shape index (κ3) is 3.97. The summed E-state index contributed by atoms with van der Waals surface area (Å²) in [5.41, 5.74) is 2.11. The number of aromatic nitrogens is 4. The number of amides is 2. The van der Waals surface area contributed by atoms with Crippen LogP contribution >= 0.6 is 0 Å². The molecule has 10 nitrogen and oxygen atoms in total. The molecule has 2 amide bonds. The number of rotatable bonds is 4. The standard InChI is InChI=1S/C20H30N8O2/c1-25-7-13(17-5-21-11-27(17)3)15(9-25)23-19(29)20(30)24-16-10-26(2)8-14(16)18-6-22-12-28(18)4/h5-6,11-16H,7-10H2,1-4H3,(H,23,29)(H,24,30)/t13-,14-,15-,16-/m1/s1. The molecule has 0 saturated carbocycles. The molecule has 4 heterocycles. The maximum Gasteiger partial charge on any atom is 0.309 e. The van der Waals surface area contributed by atoms with E-state index in [-0.39, 0.29) is 23.9 Å². The van der Waals surface area contributed by atoms with Gasteiger partial charge < -0.3 is 29.6 Å². The van der Waals surface area contributed by atoms with Crippen molar-refractivity contribution in [2.45, 2.75) is 23.9 Å². The molecule has 10 heteroatoms. The molecule has 0 aromatic carbocycles. The monoisotopic (exact) mass is 414 g/mol. The normalized spacial score (nSPS) is 27.5. The van der Waals surface area contributed by atoms with E-state index in [0.29, 0.717) is 13.1 Å². The molecular weight excluding hydrogens is 384 g/mol. The topological polar surface area (TPSA) is 100 Å². The first-order chi connectivity index (χ1) is 14.3. The first-order valence-electron chi connectivity index (χ1n) is 10.2. The van der Waals surface area contributed by atoms with E-state index < -0.39 is 11.8 Å². The Balaban J connectivity index is 1.41. The largest absolute Gasteiger partial charge is 0.343 e. The smallest absolute Gasteiger partial charge is 0.309 e. The lowest BCUT2D eigenvalue weighted by Crippen LogP contribution is -2.51. The minimum absolute atomic E-state index is 0.0963. The molecule has 4 rings (SSSR count). The van der Waals surface area contributed by atoms with Crippen molar-refractivity contribution in [3.63, 3.8) is 0 Å². The number of imidazole rings is 2. The molecular formula is C20H30N8O2. The lowest BCUT2D eigenvalue weighted by Gasteiger charge is -2.22. The van der Waals surface area contributed by atoms with Gasteiger partial charge in [-0.2, -0.15) is 0 Å². The van der Waals surface area contributed by atoms with Gasteiger partial charge in [0, 0.05) is 75.9 Å². The van der Waals surface area contributed by atoms with Crippen LogP contribution in [0.1, 0.15) is 23.2 Å². The van der Waals surface area contributed by atoms with Gasteiger partial charge >= 0.3 is 11.8 Å². The summed E-state index contributed by atoms with van der Waals surface area (Å²) in [5, 5.41) is 5.91. The second kappa shape index (κ2) is 8.19. The molecule has 2 aromatic rings. The van der Waals surface area contributed by atoms with Crippen LogP contribution in [-0.2, 0) is 23.7 Å². The fourth-order valence-corrected chi connectivity index (χ4v) is 4.81. The van der Waals surface area contributed by atoms with E-state index in [1.807, 2.05) is 49.7 Å². The van der Waals surface area contributed by atoms with E-state index >= 15 is 0 Å². The van der Waals surface area contributed by atoms with Crippen LogP contribution in [0, 0.1) is 0 Å². The predicted octanol–water partition coefficient (Wildman–Crippen LogP) is -1.12. The highest BCUT2D eigenvalue weighted by Crippen LogP contribution is 2.27. The second-order valence-electron chi connectivity index (χ2n) is 8.67. The van der Waals surface area contributed by atoms with Crippen molar-refractivity contribution in [1.82, 2.24) is 39.5 Å². The van der Waals surface area contributed by atoms with Crippen molar-refractivity contribution in [3.05, 3.63) is 36.4 Å². The van der Waals surface area contributed by atoms with Crippen LogP contribution in [0.2, 0.25) is 0 Å². The van der Waals surface area contributed by atoms with Gasteiger partial charge in [-0.1, -0.05) is 0 Å². The Morgan fingerprint density at radius 3 is 1.50 bits per heavy atom. The van der Waals surface area contributed by atoms with Gasteiger partial charge in [-0.3, -0.25) is 9.59 Å². The third-order valence-electron chi connectivity index (χ3n) is 6.31.